The average Bonchev–Trinajstić information content (AvgIpc) is 3.55. The SMILES string of the molecule is Oc1c(O)c(O)c(-c2ccc3c(-c4ccc(-c5ccccc5)cc4)c4ccccc4c(-c4cccc5oc6ccccc6c45)c3c2)c(O)c1O. The van der Waals surface area contributed by atoms with E-state index >= 15 is 0 Å². The summed E-state index contributed by atoms with van der Waals surface area (Å²) in [5.74, 6) is -4.36. The van der Waals surface area contributed by atoms with Crippen molar-refractivity contribution < 1.29 is 29.9 Å². The Hall–Kier alpha value is -6.92. The van der Waals surface area contributed by atoms with Crippen molar-refractivity contribution in [1.82, 2.24) is 0 Å². The number of hydrogen-bond acceptors (Lipinski definition) is 6. The number of benzene rings is 8. The molecule has 0 saturated heterocycles. The van der Waals surface area contributed by atoms with E-state index in [9.17, 15) is 25.5 Å². The summed E-state index contributed by atoms with van der Waals surface area (Å²) in [5, 5.41) is 58.6. The van der Waals surface area contributed by atoms with E-state index in [0.717, 1.165) is 76.9 Å². The van der Waals surface area contributed by atoms with Crippen molar-refractivity contribution in [3.05, 3.63) is 140 Å². The monoisotopic (exact) mass is 652 g/mol. The van der Waals surface area contributed by atoms with Crippen molar-refractivity contribution in [3.8, 4) is 73.3 Å². The zero-order chi connectivity index (χ0) is 34.1. The summed E-state index contributed by atoms with van der Waals surface area (Å²) in [7, 11) is 0. The van der Waals surface area contributed by atoms with Gasteiger partial charge in [-0.2, -0.15) is 0 Å². The number of hydrogen-bond donors (Lipinski definition) is 5. The van der Waals surface area contributed by atoms with Crippen molar-refractivity contribution in [1.29, 1.82) is 0 Å². The van der Waals surface area contributed by atoms with Crippen molar-refractivity contribution >= 4 is 43.5 Å². The first kappa shape index (κ1) is 29.2. The Morgan fingerprint density at radius 2 is 0.840 bits per heavy atom. The van der Waals surface area contributed by atoms with Crippen LogP contribution in [0.25, 0.3) is 88.0 Å². The molecule has 9 aromatic rings. The highest BCUT2D eigenvalue weighted by Gasteiger charge is 2.26. The summed E-state index contributed by atoms with van der Waals surface area (Å²) in [6.45, 7) is 0. The Labute approximate surface area is 285 Å². The first-order chi connectivity index (χ1) is 24.4. The Morgan fingerprint density at radius 3 is 1.56 bits per heavy atom. The molecule has 0 fully saturated rings. The van der Waals surface area contributed by atoms with E-state index in [0.29, 0.717) is 5.56 Å². The second-order valence-electron chi connectivity index (χ2n) is 12.4. The first-order valence-electron chi connectivity index (χ1n) is 16.1. The van der Waals surface area contributed by atoms with E-state index < -0.39 is 28.7 Å². The third-order valence-corrected chi connectivity index (χ3v) is 9.64. The Balaban J connectivity index is 1.41. The van der Waals surface area contributed by atoms with Crippen molar-refractivity contribution in [2.75, 3.05) is 0 Å². The lowest BCUT2D eigenvalue weighted by molar-refractivity contribution is 0.330. The van der Waals surface area contributed by atoms with E-state index in [2.05, 4.69) is 54.6 Å². The predicted octanol–water partition coefficient (Wildman–Crippen LogP) is 11.1. The van der Waals surface area contributed by atoms with E-state index in [1.165, 1.54) is 0 Å². The van der Waals surface area contributed by atoms with Gasteiger partial charge in [0.2, 0.25) is 17.2 Å². The average molecular weight is 653 g/mol. The van der Waals surface area contributed by atoms with Gasteiger partial charge >= 0.3 is 0 Å². The van der Waals surface area contributed by atoms with Crippen molar-refractivity contribution in [3.63, 3.8) is 0 Å². The Kier molecular flexibility index (Phi) is 6.48. The van der Waals surface area contributed by atoms with Crippen LogP contribution in [0.5, 0.6) is 28.7 Å². The van der Waals surface area contributed by atoms with Gasteiger partial charge in [-0.25, -0.2) is 0 Å². The van der Waals surface area contributed by atoms with Crippen molar-refractivity contribution in [2.24, 2.45) is 0 Å². The maximum Gasteiger partial charge on any atom is 0.208 e. The van der Waals surface area contributed by atoms with Crippen LogP contribution >= 0.6 is 0 Å². The van der Waals surface area contributed by atoms with Crippen LogP contribution in [-0.4, -0.2) is 25.5 Å². The van der Waals surface area contributed by atoms with E-state index in [1.54, 1.807) is 6.07 Å². The zero-order valence-electron chi connectivity index (χ0n) is 26.4. The van der Waals surface area contributed by atoms with Crippen LogP contribution in [0, 0.1) is 0 Å². The molecule has 8 aromatic carbocycles. The maximum atomic E-state index is 11.0. The highest BCUT2D eigenvalue weighted by Crippen LogP contribution is 2.56. The molecule has 0 aliphatic heterocycles. The third-order valence-electron chi connectivity index (χ3n) is 9.64. The lowest BCUT2D eigenvalue weighted by Crippen LogP contribution is -1.93. The summed E-state index contributed by atoms with van der Waals surface area (Å²) < 4.78 is 6.30. The molecule has 0 aliphatic carbocycles. The highest BCUT2D eigenvalue weighted by atomic mass is 16.4. The molecule has 240 valence electrons. The standard InChI is InChI=1S/C44H28O6/c45-40-37(41(46)43(48)44(49)42(40)47)27-21-22-30-33(23-27)38(32-14-8-16-35-39(32)31-13-6-7-15-34(31)50-35)29-12-5-4-11-28(29)36(30)26-19-17-25(18-20-26)24-9-2-1-3-10-24/h1-23,45-49H. The number of phenolic OH excluding ortho intramolecular Hbond substituents is 5. The van der Waals surface area contributed by atoms with Gasteiger partial charge in [-0.3, -0.25) is 0 Å². The Bertz CT molecular complexity index is 2770. The van der Waals surface area contributed by atoms with Crippen LogP contribution in [0.3, 0.4) is 0 Å². The predicted molar refractivity (Wildman–Crippen MR) is 199 cm³/mol. The van der Waals surface area contributed by atoms with Gasteiger partial charge in [0.1, 0.15) is 11.2 Å². The quantitative estimate of drug-likeness (QED) is 0.0734. The summed E-state index contributed by atoms with van der Waals surface area (Å²) in [4.78, 5) is 0. The number of para-hydroxylation sites is 1. The fourth-order valence-electron chi connectivity index (χ4n) is 7.34. The summed E-state index contributed by atoms with van der Waals surface area (Å²) >= 11 is 0. The minimum absolute atomic E-state index is 0.209. The number of aromatic hydroxyl groups is 5. The first-order valence-corrected chi connectivity index (χ1v) is 16.1. The lowest BCUT2D eigenvalue weighted by atomic mass is 9.83. The van der Waals surface area contributed by atoms with Gasteiger partial charge in [0.25, 0.3) is 0 Å². The van der Waals surface area contributed by atoms with Crippen LogP contribution in [0.15, 0.2) is 144 Å². The molecule has 0 spiro atoms. The molecule has 0 amide bonds. The van der Waals surface area contributed by atoms with Gasteiger partial charge in [0.15, 0.2) is 11.5 Å². The van der Waals surface area contributed by atoms with Crippen LogP contribution in [0.4, 0.5) is 0 Å². The number of rotatable bonds is 4. The van der Waals surface area contributed by atoms with Gasteiger partial charge in [0, 0.05) is 10.8 Å². The minimum atomic E-state index is -1.00. The van der Waals surface area contributed by atoms with Crippen molar-refractivity contribution in [2.45, 2.75) is 0 Å². The molecule has 0 bridgehead atoms. The number of phenols is 5. The zero-order valence-corrected chi connectivity index (χ0v) is 26.4. The molecule has 6 nitrogen and oxygen atoms in total. The van der Waals surface area contributed by atoms with Gasteiger partial charge in [-0.15, -0.1) is 0 Å². The second-order valence-corrected chi connectivity index (χ2v) is 12.4. The number of fused-ring (bicyclic) bond motifs is 5. The molecule has 6 heteroatoms. The largest absolute Gasteiger partial charge is 0.504 e. The molecular weight excluding hydrogens is 624 g/mol. The molecule has 0 atom stereocenters. The fourth-order valence-corrected chi connectivity index (χ4v) is 7.34. The van der Waals surface area contributed by atoms with Crippen LogP contribution in [-0.2, 0) is 0 Å². The maximum absolute atomic E-state index is 11.0. The molecule has 0 aliphatic rings. The van der Waals surface area contributed by atoms with Gasteiger partial charge in [-0.05, 0) is 78.7 Å². The summed E-state index contributed by atoms with van der Waals surface area (Å²) in [6, 6.07) is 46.3. The number of furan rings is 1. The van der Waals surface area contributed by atoms with Crippen LogP contribution in [0.2, 0.25) is 0 Å². The van der Waals surface area contributed by atoms with E-state index in [4.69, 9.17) is 4.42 Å². The third kappa shape index (κ3) is 4.29. The van der Waals surface area contributed by atoms with Gasteiger partial charge in [0.05, 0.1) is 5.56 Å². The highest BCUT2D eigenvalue weighted by molar-refractivity contribution is 6.26. The summed E-state index contributed by atoms with van der Waals surface area (Å²) in [5.41, 5.74) is 7.68. The summed E-state index contributed by atoms with van der Waals surface area (Å²) in [6.07, 6.45) is 0. The second kappa shape index (κ2) is 11.1. The fraction of sp³-hybridized carbons (Fsp3) is 0. The molecule has 50 heavy (non-hydrogen) atoms. The van der Waals surface area contributed by atoms with Gasteiger partial charge in [-0.1, -0.05) is 121 Å². The normalized spacial score (nSPS) is 11.6. The Morgan fingerprint density at radius 1 is 0.320 bits per heavy atom. The topological polar surface area (TPSA) is 114 Å². The minimum Gasteiger partial charge on any atom is -0.504 e. The molecule has 0 radical (unpaired) electrons. The molecule has 1 heterocycles. The molecule has 9 rings (SSSR count). The lowest BCUT2D eigenvalue weighted by Gasteiger charge is -2.20. The molecule has 0 saturated carbocycles. The smallest absolute Gasteiger partial charge is 0.208 e. The molecule has 1 aromatic heterocycles. The molecule has 0 unspecified atom stereocenters. The molecular formula is C44H28O6. The van der Waals surface area contributed by atoms with Crippen LogP contribution < -0.4 is 0 Å². The van der Waals surface area contributed by atoms with E-state index in [1.807, 2.05) is 78.9 Å². The van der Waals surface area contributed by atoms with E-state index in [-0.39, 0.29) is 5.56 Å². The van der Waals surface area contributed by atoms with Gasteiger partial charge < -0.3 is 29.9 Å². The molecule has 5 N–H and O–H groups in total. The van der Waals surface area contributed by atoms with Crippen LogP contribution in [0.1, 0.15) is 0 Å².